The second-order valence-corrected chi connectivity index (χ2v) is 5.63. The number of methoxy groups -OCH3 is 1. The predicted molar refractivity (Wildman–Crippen MR) is 76.8 cm³/mol. The maximum absolute atomic E-state index is 12.2. The number of hydrogen-bond donors (Lipinski definition) is 0. The first-order chi connectivity index (χ1) is 8.99. The van der Waals surface area contributed by atoms with Crippen molar-refractivity contribution in [2.45, 2.75) is 32.1 Å². The molecule has 1 saturated heterocycles. The molecule has 0 radical (unpaired) electrons. The number of hydrogen-bond acceptors (Lipinski definition) is 3. The fourth-order valence-electron chi connectivity index (χ4n) is 3.02. The van der Waals surface area contributed by atoms with Crippen LogP contribution in [0.3, 0.4) is 0 Å². The van der Waals surface area contributed by atoms with Gasteiger partial charge in [0.25, 0.3) is 0 Å². The highest BCUT2D eigenvalue weighted by atomic mass is 16.5. The van der Waals surface area contributed by atoms with Crippen molar-refractivity contribution in [2.75, 3.05) is 27.2 Å². The summed E-state index contributed by atoms with van der Waals surface area (Å²) in [6.07, 6.45) is 1.81. The molecule has 19 heavy (non-hydrogen) atoms. The first kappa shape index (κ1) is 14.1. The molecule has 0 N–H and O–H groups in total. The van der Waals surface area contributed by atoms with Crippen molar-refractivity contribution in [1.82, 2.24) is 4.90 Å². The average molecular weight is 261 g/mol. The Balaban J connectivity index is 2.40. The van der Waals surface area contributed by atoms with Gasteiger partial charge in [-0.2, -0.15) is 0 Å². The lowest BCUT2D eigenvalue weighted by Gasteiger charge is -2.39. The van der Waals surface area contributed by atoms with E-state index in [-0.39, 0.29) is 11.2 Å². The van der Waals surface area contributed by atoms with Crippen LogP contribution in [0, 0.1) is 6.92 Å². The molecule has 3 heteroatoms. The number of benzene rings is 1. The number of aryl methyl sites for hydroxylation is 1. The summed E-state index contributed by atoms with van der Waals surface area (Å²) in [5, 5.41) is 0. The minimum atomic E-state index is -0.302. The molecule has 0 aliphatic carbocycles. The lowest BCUT2D eigenvalue weighted by atomic mass is 9.70. The number of piperidine rings is 1. The van der Waals surface area contributed by atoms with E-state index in [4.69, 9.17) is 4.74 Å². The van der Waals surface area contributed by atoms with Crippen molar-refractivity contribution in [3.8, 4) is 5.75 Å². The van der Waals surface area contributed by atoms with Gasteiger partial charge in [0.05, 0.1) is 12.5 Å². The first-order valence-corrected chi connectivity index (χ1v) is 6.84. The molecule has 1 aromatic carbocycles. The topological polar surface area (TPSA) is 29.5 Å². The molecule has 1 aliphatic heterocycles. The number of ketones is 1. The number of carbonyl (C=O) groups excluding carboxylic acids is 1. The van der Waals surface area contributed by atoms with Gasteiger partial charge in [0.2, 0.25) is 0 Å². The third-order valence-corrected chi connectivity index (χ3v) is 4.46. The van der Waals surface area contributed by atoms with Gasteiger partial charge < -0.3 is 9.64 Å². The van der Waals surface area contributed by atoms with Crippen LogP contribution in [-0.4, -0.2) is 37.9 Å². The molecule has 0 amide bonds. The van der Waals surface area contributed by atoms with Gasteiger partial charge in [-0.05, 0) is 64.0 Å². The Morgan fingerprint density at radius 3 is 2.42 bits per heavy atom. The minimum Gasteiger partial charge on any atom is -0.496 e. The lowest BCUT2D eigenvalue weighted by Crippen LogP contribution is -2.45. The molecule has 104 valence electrons. The molecule has 1 heterocycles. The van der Waals surface area contributed by atoms with Crippen LogP contribution in [0.2, 0.25) is 0 Å². The Morgan fingerprint density at radius 1 is 1.32 bits per heavy atom. The van der Waals surface area contributed by atoms with E-state index in [2.05, 4.69) is 24.1 Å². The lowest BCUT2D eigenvalue weighted by molar-refractivity contribution is -0.124. The molecule has 0 bridgehead atoms. The number of nitrogens with zero attached hydrogens (tertiary/aromatic N) is 1. The molecule has 0 aromatic heterocycles. The van der Waals surface area contributed by atoms with Gasteiger partial charge >= 0.3 is 0 Å². The zero-order valence-electron chi connectivity index (χ0n) is 12.3. The Kier molecular flexibility index (Phi) is 3.95. The number of likely N-dealkylation sites (tertiary alicyclic amines) is 1. The van der Waals surface area contributed by atoms with Crippen LogP contribution in [0.5, 0.6) is 5.75 Å². The van der Waals surface area contributed by atoms with Crippen molar-refractivity contribution < 1.29 is 9.53 Å². The summed E-state index contributed by atoms with van der Waals surface area (Å²) in [6, 6.07) is 6.15. The smallest absolute Gasteiger partial charge is 0.140 e. The summed E-state index contributed by atoms with van der Waals surface area (Å²) >= 11 is 0. The Labute approximate surface area is 115 Å². The monoisotopic (exact) mass is 261 g/mol. The van der Waals surface area contributed by atoms with Crippen molar-refractivity contribution in [1.29, 1.82) is 0 Å². The molecule has 0 spiro atoms. The average Bonchev–Trinajstić information content (AvgIpc) is 2.39. The van der Waals surface area contributed by atoms with Crippen molar-refractivity contribution in [3.63, 3.8) is 0 Å². The van der Waals surface area contributed by atoms with E-state index in [0.29, 0.717) is 0 Å². The van der Waals surface area contributed by atoms with E-state index in [0.717, 1.165) is 42.8 Å². The van der Waals surface area contributed by atoms with E-state index >= 15 is 0 Å². The molecule has 1 aromatic rings. The quantitative estimate of drug-likeness (QED) is 0.837. The van der Waals surface area contributed by atoms with Gasteiger partial charge in [0.15, 0.2) is 0 Å². The maximum atomic E-state index is 12.2. The van der Waals surface area contributed by atoms with E-state index in [9.17, 15) is 4.79 Å². The van der Waals surface area contributed by atoms with Crippen LogP contribution in [0.25, 0.3) is 0 Å². The maximum Gasteiger partial charge on any atom is 0.140 e. The highest BCUT2D eigenvalue weighted by Crippen LogP contribution is 2.37. The predicted octanol–water partition coefficient (Wildman–Crippen LogP) is 2.56. The summed E-state index contributed by atoms with van der Waals surface area (Å²) in [7, 11) is 3.79. The van der Waals surface area contributed by atoms with Crippen LogP contribution in [0.1, 0.15) is 30.9 Å². The van der Waals surface area contributed by atoms with E-state index in [1.54, 1.807) is 14.0 Å². The van der Waals surface area contributed by atoms with Gasteiger partial charge in [0, 0.05) is 0 Å². The minimum absolute atomic E-state index is 0.283. The highest BCUT2D eigenvalue weighted by molar-refractivity contribution is 5.88. The zero-order valence-corrected chi connectivity index (χ0v) is 12.3. The van der Waals surface area contributed by atoms with Crippen LogP contribution >= 0.6 is 0 Å². The normalized spacial score (nSPS) is 19.2. The summed E-state index contributed by atoms with van der Waals surface area (Å²) in [5.74, 6) is 1.17. The molecular formula is C16H23NO2. The number of Topliss-reactive ketones (excluding diaryl/α,β-unsaturated/α-hetero) is 1. The summed E-state index contributed by atoms with van der Waals surface area (Å²) in [5.41, 5.74) is 1.94. The fourth-order valence-corrected chi connectivity index (χ4v) is 3.02. The molecule has 0 saturated carbocycles. The van der Waals surface area contributed by atoms with E-state index in [1.165, 1.54) is 0 Å². The van der Waals surface area contributed by atoms with Crippen LogP contribution < -0.4 is 4.74 Å². The van der Waals surface area contributed by atoms with Crippen LogP contribution in [0.15, 0.2) is 18.2 Å². The van der Waals surface area contributed by atoms with E-state index in [1.807, 2.05) is 13.0 Å². The van der Waals surface area contributed by atoms with Crippen molar-refractivity contribution in [3.05, 3.63) is 29.3 Å². The Hall–Kier alpha value is -1.35. The second kappa shape index (κ2) is 5.33. The Bertz CT molecular complexity index is 474. The standard InChI is InChI=1S/C16H23NO2/c1-12-11-14(5-6-15(12)19-4)16(13(2)18)7-9-17(3)10-8-16/h5-6,11H,7-10H2,1-4H3. The van der Waals surface area contributed by atoms with Gasteiger partial charge in [0.1, 0.15) is 11.5 Å². The van der Waals surface area contributed by atoms with E-state index < -0.39 is 0 Å². The van der Waals surface area contributed by atoms with Crippen molar-refractivity contribution in [2.24, 2.45) is 0 Å². The third kappa shape index (κ3) is 2.52. The fraction of sp³-hybridized carbons (Fsp3) is 0.562. The summed E-state index contributed by atoms with van der Waals surface area (Å²) < 4.78 is 5.30. The second-order valence-electron chi connectivity index (χ2n) is 5.63. The van der Waals surface area contributed by atoms with Crippen molar-refractivity contribution >= 4 is 5.78 Å². The van der Waals surface area contributed by atoms with Crippen LogP contribution in [0.4, 0.5) is 0 Å². The zero-order chi connectivity index (χ0) is 14.0. The third-order valence-electron chi connectivity index (χ3n) is 4.46. The number of carbonyl (C=O) groups is 1. The Morgan fingerprint density at radius 2 is 1.95 bits per heavy atom. The van der Waals surface area contributed by atoms with Gasteiger partial charge in [-0.15, -0.1) is 0 Å². The number of rotatable bonds is 3. The van der Waals surface area contributed by atoms with Gasteiger partial charge in [-0.3, -0.25) is 4.79 Å². The first-order valence-electron chi connectivity index (χ1n) is 6.84. The molecule has 1 fully saturated rings. The SMILES string of the molecule is COc1ccc(C2(C(C)=O)CCN(C)CC2)cc1C. The van der Waals surface area contributed by atoms with Gasteiger partial charge in [-0.1, -0.05) is 12.1 Å². The highest BCUT2D eigenvalue weighted by Gasteiger charge is 2.39. The molecule has 0 atom stereocenters. The number of ether oxygens (including phenoxy) is 1. The van der Waals surface area contributed by atoms with Crippen LogP contribution in [-0.2, 0) is 10.2 Å². The molecule has 3 nitrogen and oxygen atoms in total. The molecule has 0 unspecified atom stereocenters. The molecule has 1 aliphatic rings. The summed E-state index contributed by atoms with van der Waals surface area (Å²) in [4.78, 5) is 14.5. The molecule has 2 rings (SSSR count). The summed E-state index contributed by atoms with van der Waals surface area (Å²) in [6.45, 7) is 5.71. The molecular weight excluding hydrogens is 238 g/mol. The largest absolute Gasteiger partial charge is 0.496 e. The van der Waals surface area contributed by atoms with Gasteiger partial charge in [-0.25, -0.2) is 0 Å².